The number of anilines is 1. The third kappa shape index (κ3) is 3.16. The minimum Gasteiger partial charge on any atom is -0.364 e. The highest BCUT2D eigenvalue weighted by Crippen LogP contribution is 2.23. The van der Waals surface area contributed by atoms with Gasteiger partial charge < -0.3 is 5.32 Å². The highest BCUT2D eigenvalue weighted by atomic mass is 15.5. The minimum absolute atomic E-state index is 0.205. The van der Waals surface area contributed by atoms with Crippen LogP contribution in [0.15, 0.2) is 30.3 Å². The molecule has 2 heterocycles. The molecule has 0 aliphatic heterocycles. The van der Waals surface area contributed by atoms with Crippen LogP contribution in [0.1, 0.15) is 51.0 Å². The molecule has 0 saturated carbocycles. The molecule has 6 nitrogen and oxygen atoms in total. The third-order valence-corrected chi connectivity index (χ3v) is 3.65. The van der Waals surface area contributed by atoms with Crippen LogP contribution >= 0.6 is 0 Å². The van der Waals surface area contributed by atoms with E-state index in [1.807, 2.05) is 22.9 Å². The van der Waals surface area contributed by atoms with Crippen molar-refractivity contribution in [2.45, 2.75) is 46.2 Å². The van der Waals surface area contributed by atoms with Crippen molar-refractivity contribution in [1.29, 1.82) is 0 Å². The molecule has 0 aliphatic rings. The van der Waals surface area contributed by atoms with Gasteiger partial charge >= 0.3 is 0 Å². The molecule has 6 heteroatoms. The van der Waals surface area contributed by atoms with Crippen LogP contribution in [-0.4, -0.2) is 25.0 Å². The first-order valence-electron chi connectivity index (χ1n) is 7.97. The van der Waals surface area contributed by atoms with E-state index in [1.54, 1.807) is 0 Å². The van der Waals surface area contributed by atoms with Gasteiger partial charge in [-0.05, 0) is 19.4 Å². The first-order chi connectivity index (χ1) is 11.1. The average Bonchev–Trinajstić information content (AvgIpc) is 2.97. The van der Waals surface area contributed by atoms with E-state index >= 15 is 0 Å². The Morgan fingerprint density at radius 2 is 1.78 bits per heavy atom. The second-order valence-corrected chi connectivity index (χ2v) is 6.22. The Morgan fingerprint density at radius 1 is 1.04 bits per heavy atom. The van der Waals surface area contributed by atoms with Crippen LogP contribution in [0.5, 0.6) is 0 Å². The van der Waals surface area contributed by atoms with Crippen LogP contribution in [0.3, 0.4) is 0 Å². The number of hydrogen-bond acceptors (Lipinski definition) is 5. The summed E-state index contributed by atoms with van der Waals surface area (Å²) in [5, 5.41) is 11.9. The van der Waals surface area contributed by atoms with Gasteiger partial charge in [0.1, 0.15) is 5.82 Å². The van der Waals surface area contributed by atoms with E-state index in [2.05, 4.69) is 65.4 Å². The van der Waals surface area contributed by atoms with E-state index in [0.29, 0.717) is 6.54 Å². The van der Waals surface area contributed by atoms with Gasteiger partial charge in [0.25, 0.3) is 0 Å². The molecule has 0 amide bonds. The second-order valence-electron chi connectivity index (χ2n) is 6.22. The molecule has 3 aromatic rings. The molecule has 1 N–H and O–H groups in total. The van der Waals surface area contributed by atoms with E-state index in [9.17, 15) is 0 Å². The van der Waals surface area contributed by atoms with E-state index in [-0.39, 0.29) is 12.0 Å². The average molecular weight is 310 g/mol. The number of hydrogen-bond donors (Lipinski definition) is 1. The lowest BCUT2D eigenvalue weighted by Crippen LogP contribution is -2.09. The summed E-state index contributed by atoms with van der Waals surface area (Å²) in [6.45, 7) is 9.01. The summed E-state index contributed by atoms with van der Waals surface area (Å²) >= 11 is 0. The number of nitrogens with zero attached hydrogens (tertiary/aromatic N) is 5. The van der Waals surface area contributed by atoms with Crippen molar-refractivity contribution in [3.05, 3.63) is 41.7 Å². The van der Waals surface area contributed by atoms with Gasteiger partial charge in [-0.1, -0.05) is 49.4 Å². The van der Waals surface area contributed by atoms with Crippen LogP contribution in [0.2, 0.25) is 0 Å². The van der Waals surface area contributed by atoms with Crippen LogP contribution in [0, 0.1) is 0 Å². The van der Waals surface area contributed by atoms with E-state index < -0.39 is 0 Å². The molecule has 0 spiro atoms. The van der Waals surface area contributed by atoms with Crippen LogP contribution in [-0.2, 0) is 6.54 Å². The number of nitrogens with one attached hydrogen (secondary N) is 1. The van der Waals surface area contributed by atoms with E-state index in [1.165, 1.54) is 5.56 Å². The molecular formula is C17H22N6. The largest absolute Gasteiger partial charge is 0.364 e. The van der Waals surface area contributed by atoms with Gasteiger partial charge in [-0.3, -0.25) is 0 Å². The molecule has 0 unspecified atom stereocenters. The highest BCUT2D eigenvalue weighted by Gasteiger charge is 2.17. The number of fused-ring (bicyclic) bond motifs is 1. The zero-order valence-electron chi connectivity index (χ0n) is 14.0. The van der Waals surface area contributed by atoms with E-state index in [0.717, 1.165) is 22.8 Å². The Hall–Kier alpha value is -2.50. The monoisotopic (exact) mass is 310 g/mol. The van der Waals surface area contributed by atoms with Gasteiger partial charge in [-0.2, -0.15) is 0 Å². The maximum atomic E-state index is 4.66. The Kier molecular flexibility index (Phi) is 4.23. The summed E-state index contributed by atoms with van der Waals surface area (Å²) in [5.41, 5.74) is 2.70. The first kappa shape index (κ1) is 15.4. The lowest BCUT2D eigenvalue weighted by Gasteiger charge is -2.11. The normalized spacial score (nSPS) is 11.6. The lowest BCUT2D eigenvalue weighted by atomic mass is 10.2. The molecule has 0 saturated heterocycles. The highest BCUT2D eigenvalue weighted by molar-refractivity contribution is 5.82. The number of rotatable bonds is 5. The fourth-order valence-electron chi connectivity index (χ4n) is 2.36. The van der Waals surface area contributed by atoms with Crippen LogP contribution in [0.25, 0.3) is 11.2 Å². The molecule has 3 rings (SSSR count). The molecular weight excluding hydrogens is 288 g/mol. The predicted octanol–water partition coefficient (Wildman–Crippen LogP) is 3.54. The molecule has 0 bridgehead atoms. The summed E-state index contributed by atoms with van der Waals surface area (Å²) < 4.78 is 1.84. The molecule has 2 aromatic heterocycles. The van der Waals surface area contributed by atoms with Gasteiger partial charge in [-0.15, -0.1) is 5.10 Å². The topological polar surface area (TPSA) is 68.5 Å². The fraction of sp³-hybridized carbons (Fsp3) is 0.412. The Morgan fingerprint density at radius 3 is 2.43 bits per heavy atom. The Bertz CT molecular complexity index is 791. The van der Waals surface area contributed by atoms with Gasteiger partial charge in [0.15, 0.2) is 17.0 Å². The fourth-order valence-corrected chi connectivity index (χ4v) is 2.36. The summed E-state index contributed by atoms with van der Waals surface area (Å²) in [6, 6.07) is 10.4. The maximum Gasteiger partial charge on any atom is 0.184 e. The van der Waals surface area contributed by atoms with Crippen molar-refractivity contribution in [3.8, 4) is 0 Å². The van der Waals surface area contributed by atoms with Gasteiger partial charge in [0.2, 0.25) is 0 Å². The first-order valence-corrected chi connectivity index (χ1v) is 7.97. The van der Waals surface area contributed by atoms with Crippen LogP contribution in [0.4, 0.5) is 5.82 Å². The maximum absolute atomic E-state index is 4.66. The predicted molar refractivity (Wildman–Crippen MR) is 91.4 cm³/mol. The van der Waals surface area contributed by atoms with Crippen molar-refractivity contribution in [3.63, 3.8) is 0 Å². The van der Waals surface area contributed by atoms with Crippen molar-refractivity contribution >= 4 is 17.0 Å². The number of benzene rings is 1. The third-order valence-electron chi connectivity index (χ3n) is 3.65. The lowest BCUT2D eigenvalue weighted by molar-refractivity contribution is 0.525. The van der Waals surface area contributed by atoms with E-state index in [4.69, 9.17) is 0 Å². The molecule has 0 aliphatic carbocycles. The molecule has 0 fully saturated rings. The standard InChI is InChI=1S/C17H22N6/c1-11(2)15-19-16(18-10-13-8-6-5-7-9-13)14-17(20-15)23(12(3)4)22-21-14/h5-9,11-12H,10H2,1-4H3,(H,18,19,20). The molecule has 1 aromatic carbocycles. The second kappa shape index (κ2) is 6.32. The zero-order valence-corrected chi connectivity index (χ0v) is 14.0. The minimum atomic E-state index is 0.205. The van der Waals surface area contributed by atoms with Gasteiger partial charge in [0.05, 0.1) is 6.04 Å². The Labute approximate surface area is 136 Å². The molecule has 23 heavy (non-hydrogen) atoms. The van der Waals surface area contributed by atoms with Gasteiger partial charge in [0, 0.05) is 12.5 Å². The Balaban J connectivity index is 2.00. The summed E-state index contributed by atoms with van der Waals surface area (Å²) in [6.07, 6.45) is 0. The van der Waals surface area contributed by atoms with Crippen molar-refractivity contribution in [1.82, 2.24) is 25.0 Å². The summed E-state index contributed by atoms with van der Waals surface area (Å²) in [4.78, 5) is 9.31. The quantitative estimate of drug-likeness (QED) is 0.780. The molecule has 120 valence electrons. The smallest absolute Gasteiger partial charge is 0.184 e. The summed E-state index contributed by atoms with van der Waals surface area (Å²) in [7, 11) is 0. The van der Waals surface area contributed by atoms with Gasteiger partial charge in [-0.25, -0.2) is 14.6 Å². The van der Waals surface area contributed by atoms with Crippen molar-refractivity contribution in [2.24, 2.45) is 0 Å². The van der Waals surface area contributed by atoms with Crippen molar-refractivity contribution < 1.29 is 0 Å². The van der Waals surface area contributed by atoms with Crippen LogP contribution < -0.4 is 5.32 Å². The van der Waals surface area contributed by atoms with Crippen molar-refractivity contribution in [2.75, 3.05) is 5.32 Å². The SMILES string of the molecule is CC(C)c1nc(NCc2ccccc2)c2nnn(C(C)C)c2n1. The number of aromatic nitrogens is 5. The summed E-state index contributed by atoms with van der Waals surface area (Å²) in [5.74, 6) is 1.79. The molecule has 0 radical (unpaired) electrons. The zero-order chi connectivity index (χ0) is 16.4. The molecule has 0 atom stereocenters.